The molecule has 0 bridgehead atoms. The van der Waals surface area contributed by atoms with Crippen molar-refractivity contribution in [2.24, 2.45) is 0 Å². The monoisotopic (exact) mass is 300 g/mol. The largest absolute Gasteiger partial charge is 0.478 e. The number of benzene rings is 1. The van der Waals surface area contributed by atoms with Gasteiger partial charge in [-0.15, -0.1) is 0 Å². The van der Waals surface area contributed by atoms with Crippen LogP contribution < -0.4 is 0 Å². The van der Waals surface area contributed by atoms with Crippen molar-refractivity contribution in [3.05, 3.63) is 65.5 Å². The molecule has 0 saturated heterocycles. The van der Waals surface area contributed by atoms with Crippen LogP contribution in [0.15, 0.2) is 48.7 Å². The molecule has 1 N–H and O–H groups in total. The Kier molecular flexibility index (Phi) is 5.63. The smallest absolute Gasteiger partial charge is 0.335 e. The van der Waals surface area contributed by atoms with Gasteiger partial charge in [0.2, 0.25) is 0 Å². The number of aromatic nitrogens is 1. The fourth-order valence-electron chi connectivity index (χ4n) is 2.32. The van der Waals surface area contributed by atoms with Crippen LogP contribution in [0.5, 0.6) is 0 Å². The van der Waals surface area contributed by atoms with Crippen molar-refractivity contribution in [2.75, 3.05) is 20.8 Å². The molecule has 1 aromatic carbocycles. The van der Waals surface area contributed by atoms with Crippen molar-refractivity contribution in [1.82, 2.24) is 9.88 Å². The highest BCUT2D eigenvalue weighted by Crippen LogP contribution is 2.20. The zero-order chi connectivity index (χ0) is 15.9. The van der Waals surface area contributed by atoms with Gasteiger partial charge in [0, 0.05) is 19.9 Å². The number of rotatable bonds is 7. The first-order chi connectivity index (χ1) is 10.6. The molecule has 0 radical (unpaired) electrons. The van der Waals surface area contributed by atoms with E-state index in [0.717, 1.165) is 11.3 Å². The molecule has 1 atom stereocenters. The highest BCUT2D eigenvalue weighted by molar-refractivity contribution is 5.87. The molecule has 116 valence electrons. The van der Waals surface area contributed by atoms with Crippen LogP contribution in [0.25, 0.3) is 0 Å². The number of likely N-dealkylation sites (N-methyl/N-ethyl adjacent to an activating group) is 1. The minimum atomic E-state index is -0.911. The van der Waals surface area contributed by atoms with Crippen LogP contribution in [0.1, 0.15) is 27.7 Å². The van der Waals surface area contributed by atoms with Gasteiger partial charge in [-0.25, -0.2) is 4.79 Å². The Hall–Kier alpha value is -2.24. The predicted octanol–water partition coefficient (Wildman–Crippen LogP) is 2.60. The molecule has 0 saturated carbocycles. The Labute approximate surface area is 130 Å². The third-order valence-corrected chi connectivity index (χ3v) is 3.52. The van der Waals surface area contributed by atoms with Gasteiger partial charge in [0.1, 0.15) is 0 Å². The maximum atomic E-state index is 10.9. The van der Waals surface area contributed by atoms with E-state index in [9.17, 15) is 4.79 Å². The van der Waals surface area contributed by atoms with Gasteiger partial charge < -0.3 is 9.84 Å². The first kappa shape index (κ1) is 16.1. The Morgan fingerprint density at radius 1 is 1.27 bits per heavy atom. The van der Waals surface area contributed by atoms with Gasteiger partial charge in [-0.2, -0.15) is 0 Å². The minimum Gasteiger partial charge on any atom is -0.478 e. The maximum absolute atomic E-state index is 10.9. The summed E-state index contributed by atoms with van der Waals surface area (Å²) in [6, 6.07) is 12.8. The van der Waals surface area contributed by atoms with Crippen LogP contribution in [0.4, 0.5) is 0 Å². The molecule has 1 unspecified atom stereocenters. The lowest BCUT2D eigenvalue weighted by molar-refractivity contribution is 0.0697. The fraction of sp³-hybridized carbons (Fsp3) is 0.294. The van der Waals surface area contributed by atoms with Crippen LogP contribution >= 0.6 is 0 Å². The molecule has 0 aliphatic carbocycles. The van der Waals surface area contributed by atoms with E-state index in [1.165, 1.54) is 0 Å². The summed E-state index contributed by atoms with van der Waals surface area (Å²) in [6.07, 6.45) is 1.77. The molecule has 0 spiro atoms. The summed E-state index contributed by atoms with van der Waals surface area (Å²) in [5.41, 5.74) is 2.29. The van der Waals surface area contributed by atoms with Crippen LogP contribution in [0.2, 0.25) is 0 Å². The predicted molar refractivity (Wildman–Crippen MR) is 83.7 cm³/mol. The normalized spacial score (nSPS) is 12.3. The number of ether oxygens (including phenoxy) is 1. The van der Waals surface area contributed by atoms with Gasteiger partial charge in [0.15, 0.2) is 0 Å². The molecule has 0 aliphatic rings. The SMILES string of the molecule is COCC(c1ccccn1)N(C)Cc1ccc(C(=O)O)cc1. The van der Waals surface area contributed by atoms with E-state index in [0.29, 0.717) is 18.7 Å². The third-order valence-electron chi connectivity index (χ3n) is 3.52. The van der Waals surface area contributed by atoms with Crippen molar-refractivity contribution in [3.8, 4) is 0 Å². The summed E-state index contributed by atoms with van der Waals surface area (Å²) in [4.78, 5) is 17.4. The van der Waals surface area contributed by atoms with Crippen LogP contribution in [-0.4, -0.2) is 41.7 Å². The molecule has 22 heavy (non-hydrogen) atoms. The molecule has 0 fully saturated rings. The lowest BCUT2D eigenvalue weighted by atomic mass is 10.1. The molecule has 1 aromatic heterocycles. The van der Waals surface area contributed by atoms with Crippen LogP contribution in [0, 0.1) is 0 Å². The first-order valence-electron chi connectivity index (χ1n) is 7.04. The number of carboxylic acid groups (broad SMARTS) is 1. The van der Waals surface area contributed by atoms with Gasteiger partial charge >= 0.3 is 5.97 Å². The van der Waals surface area contributed by atoms with E-state index in [2.05, 4.69) is 9.88 Å². The van der Waals surface area contributed by atoms with Crippen molar-refractivity contribution in [3.63, 3.8) is 0 Å². The van der Waals surface area contributed by atoms with Gasteiger partial charge in [-0.1, -0.05) is 18.2 Å². The average molecular weight is 300 g/mol. The summed E-state index contributed by atoms with van der Waals surface area (Å²) < 4.78 is 5.31. The second-order valence-corrected chi connectivity index (χ2v) is 5.14. The Bertz CT molecular complexity index is 599. The van der Waals surface area contributed by atoms with E-state index in [4.69, 9.17) is 9.84 Å². The molecule has 1 heterocycles. The van der Waals surface area contributed by atoms with Crippen LogP contribution in [0.3, 0.4) is 0 Å². The Balaban J connectivity index is 2.10. The van der Waals surface area contributed by atoms with Gasteiger partial charge in [0.05, 0.1) is 23.9 Å². The summed E-state index contributed by atoms with van der Waals surface area (Å²) in [5.74, 6) is -0.911. The molecular weight excluding hydrogens is 280 g/mol. The third kappa shape index (κ3) is 4.13. The standard InChI is InChI=1S/C17H20N2O3/c1-19(11-13-6-8-14(9-7-13)17(20)21)16(12-22-2)15-5-3-4-10-18-15/h3-10,16H,11-12H2,1-2H3,(H,20,21). The Morgan fingerprint density at radius 2 is 2.00 bits per heavy atom. The topological polar surface area (TPSA) is 62.7 Å². The number of carboxylic acids is 1. The quantitative estimate of drug-likeness (QED) is 0.851. The number of carbonyl (C=O) groups is 1. The summed E-state index contributed by atoms with van der Waals surface area (Å²) in [7, 11) is 3.68. The minimum absolute atomic E-state index is 0.0466. The van der Waals surface area contributed by atoms with Gasteiger partial charge in [0.25, 0.3) is 0 Å². The number of hydrogen-bond donors (Lipinski definition) is 1. The Morgan fingerprint density at radius 3 is 2.55 bits per heavy atom. The number of aromatic carboxylic acids is 1. The van der Waals surface area contributed by atoms with Gasteiger partial charge in [-0.3, -0.25) is 9.88 Å². The average Bonchev–Trinajstić information content (AvgIpc) is 2.53. The molecule has 2 rings (SSSR count). The summed E-state index contributed by atoms with van der Waals surface area (Å²) >= 11 is 0. The number of pyridine rings is 1. The van der Waals surface area contributed by atoms with Crippen LogP contribution in [-0.2, 0) is 11.3 Å². The van der Waals surface area contributed by atoms with E-state index >= 15 is 0 Å². The molecule has 5 heteroatoms. The van der Waals surface area contributed by atoms with E-state index in [1.807, 2.05) is 37.4 Å². The second-order valence-electron chi connectivity index (χ2n) is 5.14. The number of methoxy groups -OCH3 is 1. The molecule has 0 amide bonds. The van der Waals surface area contributed by atoms with E-state index in [-0.39, 0.29) is 6.04 Å². The molecular formula is C17H20N2O3. The van der Waals surface area contributed by atoms with Crippen molar-refractivity contribution in [1.29, 1.82) is 0 Å². The van der Waals surface area contributed by atoms with Crippen molar-refractivity contribution >= 4 is 5.97 Å². The van der Waals surface area contributed by atoms with E-state index in [1.54, 1.807) is 25.4 Å². The summed E-state index contributed by atoms with van der Waals surface area (Å²) in [5, 5.41) is 8.93. The molecule has 5 nitrogen and oxygen atoms in total. The number of hydrogen-bond acceptors (Lipinski definition) is 4. The fourth-order valence-corrected chi connectivity index (χ4v) is 2.32. The zero-order valence-corrected chi connectivity index (χ0v) is 12.8. The second kappa shape index (κ2) is 7.68. The highest BCUT2D eigenvalue weighted by atomic mass is 16.5. The summed E-state index contributed by atoms with van der Waals surface area (Å²) in [6.45, 7) is 1.23. The molecule has 0 aliphatic heterocycles. The lowest BCUT2D eigenvalue weighted by Crippen LogP contribution is -2.28. The first-order valence-corrected chi connectivity index (χ1v) is 7.04. The highest BCUT2D eigenvalue weighted by Gasteiger charge is 2.18. The van der Waals surface area contributed by atoms with Gasteiger partial charge in [-0.05, 0) is 36.9 Å². The molecule has 2 aromatic rings. The lowest BCUT2D eigenvalue weighted by Gasteiger charge is -2.27. The van der Waals surface area contributed by atoms with E-state index < -0.39 is 5.97 Å². The maximum Gasteiger partial charge on any atom is 0.335 e. The number of nitrogens with zero attached hydrogens (tertiary/aromatic N) is 2. The zero-order valence-electron chi connectivity index (χ0n) is 12.8. The van der Waals surface area contributed by atoms with Crippen molar-refractivity contribution in [2.45, 2.75) is 12.6 Å². The van der Waals surface area contributed by atoms with Crippen molar-refractivity contribution < 1.29 is 14.6 Å².